The van der Waals surface area contributed by atoms with Gasteiger partial charge >= 0.3 is 0 Å². The molecule has 3 aromatic carbocycles. The molecular formula is C20H17NO2. The highest BCUT2D eigenvalue weighted by molar-refractivity contribution is 6.00. The lowest BCUT2D eigenvalue weighted by Gasteiger charge is -2.11. The van der Waals surface area contributed by atoms with E-state index in [0.717, 1.165) is 16.7 Å². The van der Waals surface area contributed by atoms with Crippen LogP contribution in [0.2, 0.25) is 0 Å². The minimum atomic E-state index is -0.132. The summed E-state index contributed by atoms with van der Waals surface area (Å²) in [5.74, 6) is 0.0507. The largest absolute Gasteiger partial charge is 0.508 e. The molecular weight excluding hydrogens is 286 g/mol. The molecule has 0 heterocycles. The summed E-state index contributed by atoms with van der Waals surface area (Å²) in [7, 11) is 0. The molecule has 0 unspecified atom stereocenters. The normalized spacial score (nSPS) is 10.3. The Kier molecular flexibility index (Phi) is 4.39. The van der Waals surface area contributed by atoms with Gasteiger partial charge in [0, 0.05) is 12.1 Å². The summed E-state index contributed by atoms with van der Waals surface area (Å²) >= 11 is 0. The minimum absolute atomic E-state index is 0.132. The highest BCUT2D eigenvalue weighted by Crippen LogP contribution is 2.26. The zero-order valence-electron chi connectivity index (χ0n) is 12.6. The lowest BCUT2D eigenvalue weighted by Crippen LogP contribution is -2.23. The maximum absolute atomic E-state index is 12.5. The van der Waals surface area contributed by atoms with E-state index in [-0.39, 0.29) is 11.7 Å². The third kappa shape index (κ3) is 3.58. The van der Waals surface area contributed by atoms with Gasteiger partial charge < -0.3 is 10.4 Å². The van der Waals surface area contributed by atoms with Crippen LogP contribution in [-0.4, -0.2) is 11.0 Å². The molecule has 1 amide bonds. The van der Waals surface area contributed by atoms with Crippen molar-refractivity contribution in [2.45, 2.75) is 6.54 Å². The number of carbonyl (C=O) groups is 1. The molecule has 0 radical (unpaired) electrons. The summed E-state index contributed by atoms with van der Waals surface area (Å²) in [5, 5.41) is 12.6. The molecule has 3 nitrogen and oxygen atoms in total. The number of rotatable bonds is 4. The number of carbonyl (C=O) groups excluding carboxylic acids is 1. The molecule has 114 valence electrons. The van der Waals surface area contributed by atoms with Crippen molar-refractivity contribution in [2.75, 3.05) is 0 Å². The van der Waals surface area contributed by atoms with Crippen molar-refractivity contribution in [2.24, 2.45) is 0 Å². The number of aromatic hydroxyl groups is 1. The average Bonchev–Trinajstić information content (AvgIpc) is 2.60. The van der Waals surface area contributed by atoms with Gasteiger partial charge in [-0.2, -0.15) is 0 Å². The Balaban J connectivity index is 1.84. The smallest absolute Gasteiger partial charge is 0.252 e. The summed E-state index contributed by atoms with van der Waals surface area (Å²) in [4.78, 5) is 12.5. The fraction of sp³-hybridized carbons (Fsp3) is 0.0500. The summed E-state index contributed by atoms with van der Waals surface area (Å²) in [6.45, 7) is 0.480. The van der Waals surface area contributed by atoms with E-state index in [9.17, 15) is 9.90 Å². The molecule has 2 N–H and O–H groups in total. The van der Waals surface area contributed by atoms with Gasteiger partial charge in [0.25, 0.3) is 5.91 Å². The predicted molar refractivity (Wildman–Crippen MR) is 91.2 cm³/mol. The van der Waals surface area contributed by atoms with E-state index in [1.807, 2.05) is 54.6 Å². The summed E-state index contributed by atoms with van der Waals surface area (Å²) in [5.41, 5.74) is 3.26. The molecule has 0 atom stereocenters. The predicted octanol–water partition coefficient (Wildman–Crippen LogP) is 3.99. The molecule has 0 aromatic heterocycles. The second-order valence-electron chi connectivity index (χ2n) is 5.26. The van der Waals surface area contributed by atoms with Gasteiger partial charge in [0.05, 0.1) is 0 Å². The molecule has 3 rings (SSSR count). The SMILES string of the molecule is O=C(NCc1ccccc1)c1ccccc1-c1cccc(O)c1. The second kappa shape index (κ2) is 6.79. The van der Waals surface area contributed by atoms with Crippen LogP contribution in [0.5, 0.6) is 5.75 Å². The van der Waals surface area contributed by atoms with Gasteiger partial charge in [-0.05, 0) is 34.9 Å². The molecule has 0 saturated carbocycles. The van der Waals surface area contributed by atoms with E-state index in [0.29, 0.717) is 12.1 Å². The van der Waals surface area contributed by atoms with Crippen LogP contribution >= 0.6 is 0 Å². The lowest BCUT2D eigenvalue weighted by molar-refractivity contribution is 0.0951. The zero-order valence-corrected chi connectivity index (χ0v) is 12.6. The average molecular weight is 303 g/mol. The van der Waals surface area contributed by atoms with Crippen molar-refractivity contribution < 1.29 is 9.90 Å². The van der Waals surface area contributed by atoms with Crippen LogP contribution in [0, 0.1) is 0 Å². The minimum Gasteiger partial charge on any atom is -0.508 e. The van der Waals surface area contributed by atoms with Crippen LogP contribution in [0.25, 0.3) is 11.1 Å². The second-order valence-corrected chi connectivity index (χ2v) is 5.26. The number of nitrogens with one attached hydrogen (secondary N) is 1. The Morgan fingerprint density at radius 2 is 1.61 bits per heavy atom. The van der Waals surface area contributed by atoms with Gasteiger partial charge in [-0.1, -0.05) is 60.7 Å². The third-order valence-electron chi connectivity index (χ3n) is 3.62. The van der Waals surface area contributed by atoms with E-state index in [4.69, 9.17) is 0 Å². The first kappa shape index (κ1) is 14.9. The van der Waals surface area contributed by atoms with Crippen molar-refractivity contribution >= 4 is 5.91 Å². The van der Waals surface area contributed by atoms with Crippen LogP contribution in [0.1, 0.15) is 15.9 Å². The quantitative estimate of drug-likeness (QED) is 0.765. The van der Waals surface area contributed by atoms with E-state index < -0.39 is 0 Å². The number of phenolic OH excluding ortho intramolecular Hbond substituents is 1. The highest BCUT2D eigenvalue weighted by Gasteiger charge is 2.12. The number of hydrogen-bond donors (Lipinski definition) is 2. The first-order valence-corrected chi connectivity index (χ1v) is 7.44. The van der Waals surface area contributed by atoms with Crippen molar-refractivity contribution in [3.05, 3.63) is 90.0 Å². The fourth-order valence-corrected chi connectivity index (χ4v) is 2.48. The maximum atomic E-state index is 12.5. The van der Waals surface area contributed by atoms with E-state index in [1.54, 1.807) is 24.3 Å². The van der Waals surface area contributed by atoms with E-state index in [2.05, 4.69) is 5.32 Å². The summed E-state index contributed by atoms with van der Waals surface area (Å²) in [6, 6.07) is 24.1. The van der Waals surface area contributed by atoms with Crippen molar-refractivity contribution in [1.82, 2.24) is 5.32 Å². The van der Waals surface area contributed by atoms with Crippen molar-refractivity contribution in [3.8, 4) is 16.9 Å². The molecule has 0 spiro atoms. The summed E-state index contributed by atoms with van der Waals surface area (Å²) in [6.07, 6.45) is 0. The van der Waals surface area contributed by atoms with Gasteiger partial charge in [-0.15, -0.1) is 0 Å². The van der Waals surface area contributed by atoms with E-state index >= 15 is 0 Å². The molecule has 0 saturated heterocycles. The van der Waals surface area contributed by atoms with Crippen molar-refractivity contribution in [3.63, 3.8) is 0 Å². The molecule has 0 aliphatic carbocycles. The van der Waals surface area contributed by atoms with Crippen molar-refractivity contribution in [1.29, 1.82) is 0 Å². The van der Waals surface area contributed by atoms with Gasteiger partial charge in [0.2, 0.25) is 0 Å². The maximum Gasteiger partial charge on any atom is 0.252 e. The highest BCUT2D eigenvalue weighted by atomic mass is 16.3. The molecule has 3 heteroatoms. The molecule has 23 heavy (non-hydrogen) atoms. The molecule has 0 bridgehead atoms. The zero-order chi connectivity index (χ0) is 16.1. The van der Waals surface area contributed by atoms with Gasteiger partial charge in [0.1, 0.15) is 5.75 Å². The molecule has 0 fully saturated rings. The summed E-state index contributed by atoms with van der Waals surface area (Å²) < 4.78 is 0. The van der Waals surface area contributed by atoms with E-state index in [1.165, 1.54) is 0 Å². The van der Waals surface area contributed by atoms with Gasteiger partial charge in [-0.25, -0.2) is 0 Å². The van der Waals surface area contributed by atoms with Gasteiger partial charge in [-0.3, -0.25) is 4.79 Å². The molecule has 0 aliphatic heterocycles. The third-order valence-corrected chi connectivity index (χ3v) is 3.62. The Labute approximate surface area is 135 Å². The van der Waals surface area contributed by atoms with Crippen LogP contribution in [0.3, 0.4) is 0 Å². The Hall–Kier alpha value is -3.07. The molecule has 3 aromatic rings. The first-order chi connectivity index (χ1) is 11.2. The first-order valence-electron chi connectivity index (χ1n) is 7.44. The van der Waals surface area contributed by atoms with Crippen LogP contribution < -0.4 is 5.32 Å². The topological polar surface area (TPSA) is 49.3 Å². The standard InChI is InChI=1S/C20H17NO2/c22-17-10-6-9-16(13-17)18-11-4-5-12-19(18)20(23)21-14-15-7-2-1-3-8-15/h1-13,22H,14H2,(H,21,23). The number of benzene rings is 3. The van der Waals surface area contributed by atoms with Crippen LogP contribution in [0.15, 0.2) is 78.9 Å². The number of phenols is 1. The van der Waals surface area contributed by atoms with Crippen LogP contribution in [0.4, 0.5) is 0 Å². The number of amides is 1. The Morgan fingerprint density at radius 3 is 2.39 bits per heavy atom. The van der Waals surface area contributed by atoms with Gasteiger partial charge in [0.15, 0.2) is 0 Å². The van der Waals surface area contributed by atoms with Crippen LogP contribution in [-0.2, 0) is 6.54 Å². The fourth-order valence-electron chi connectivity index (χ4n) is 2.48. The lowest BCUT2D eigenvalue weighted by atomic mass is 9.99. The number of hydrogen-bond acceptors (Lipinski definition) is 2. The monoisotopic (exact) mass is 303 g/mol. The Morgan fingerprint density at radius 1 is 0.870 bits per heavy atom. The molecule has 0 aliphatic rings. The Bertz CT molecular complexity index is 813.